The fraction of sp³-hybridized carbons (Fsp3) is 0.538. The van der Waals surface area contributed by atoms with E-state index in [1.54, 1.807) is 0 Å². The summed E-state index contributed by atoms with van der Waals surface area (Å²) in [4.78, 5) is 14.6. The predicted octanol–water partition coefficient (Wildman–Crippen LogP) is 3.11. The highest BCUT2D eigenvalue weighted by atomic mass is 19.4. The molecule has 1 aromatic rings. The Morgan fingerprint density at radius 2 is 2.17 bits per heavy atom. The van der Waals surface area contributed by atoms with Crippen molar-refractivity contribution in [2.75, 3.05) is 19.7 Å². The number of carboxylic acid groups (broad SMARTS) is 1. The Labute approximate surface area is 127 Å². The third-order valence-corrected chi connectivity index (χ3v) is 3.27. The maximum atomic E-state index is 13.5. The first-order valence-electron chi connectivity index (χ1n) is 6.59. The molecule has 23 heavy (non-hydrogen) atoms. The van der Waals surface area contributed by atoms with Crippen LogP contribution in [0, 0.1) is 5.92 Å². The first-order chi connectivity index (χ1) is 10.6. The van der Waals surface area contributed by atoms with Crippen LogP contribution in [0.15, 0.2) is 18.3 Å². The first kappa shape index (κ1) is 17.2. The Balaban J connectivity index is 2.07. The van der Waals surface area contributed by atoms with E-state index in [1.165, 1.54) is 6.07 Å². The molecule has 2 rings (SSSR count). The quantitative estimate of drug-likeness (QED) is 0.859. The summed E-state index contributed by atoms with van der Waals surface area (Å²) in [6.45, 7) is -1.62. The number of alkyl halides is 5. The number of hydrogen-bond donors (Lipinski definition) is 1. The Kier molecular flexibility index (Phi) is 4.62. The number of aromatic nitrogens is 1. The molecule has 128 valence electrons. The molecule has 0 aliphatic carbocycles. The van der Waals surface area contributed by atoms with Gasteiger partial charge in [-0.1, -0.05) is 0 Å². The lowest BCUT2D eigenvalue weighted by Gasteiger charge is -2.35. The van der Waals surface area contributed by atoms with Gasteiger partial charge in [0.15, 0.2) is 5.69 Å². The second-order valence-electron chi connectivity index (χ2n) is 5.25. The molecular weight excluding hydrogens is 327 g/mol. The van der Waals surface area contributed by atoms with E-state index in [9.17, 15) is 26.7 Å². The van der Waals surface area contributed by atoms with E-state index in [0.717, 1.165) is 12.3 Å². The molecule has 1 aromatic heterocycles. The van der Waals surface area contributed by atoms with Gasteiger partial charge in [0.1, 0.15) is 5.75 Å². The normalized spacial score (nSPS) is 21.1. The number of ether oxygens (including phenoxy) is 1. The molecular formula is C13H13F5N2O3. The number of nitrogens with zero attached hydrogens (tertiary/aromatic N) is 2. The van der Waals surface area contributed by atoms with Gasteiger partial charge in [0, 0.05) is 25.1 Å². The van der Waals surface area contributed by atoms with Crippen LogP contribution < -0.4 is 4.74 Å². The van der Waals surface area contributed by atoms with Gasteiger partial charge in [0.05, 0.1) is 13.2 Å². The number of likely N-dealkylation sites (tertiary alicyclic amines) is 1. The summed E-state index contributed by atoms with van der Waals surface area (Å²) in [5, 5.41) is 8.82. The molecule has 1 N–H and O–H groups in total. The molecule has 0 radical (unpaired) electrons. The largest absolute Gasteiger partial charge is 0.491 e. The number of hydrogen-bond acceptors (Lipinski definition) is 3. The molecule has 0 saturated carbocycles. The van der Waals surface area contributed by atoms with Crippen molar-refractivity contribution in [1.82, 2.24) is 9.88 Å². The second kappa shape index (κ2) is 6.17. The molecule has 1 amide bonds. The Morgan fingerprint density at radius 3 is 2.78 bits per heavy atom. The molecule has 0 spiro atoms. The molecule has 1 unspecified atom stereocenters. The van der Waals surface area contributed by atoms with Gasteiger partial charge in [-0.2, -0.15) is 13.2 Å². The highest BCUT2D eigenvalue weighted by molar-refractivity contribution is 5.65. The lowest BCUT2D eigenvalue weighted by molar-refractivity contribution is -0.143. The van der Waals surface area contributed by atoms with Gasteiger partial charge in [0.2, 0.25) is 0 Å². The van der Waals surface area contributed by atoms with Crippen molar-refractivity contribution in [1.29, 1.82) is 0 Å². The third kappa shape index (κ3) is 4.42. The topological polar surface area (TPSA) is 62.7 Å². The molecule has 1 saturated heterocycles. The van der Waals surface area contributed by atoms with Gasteiger partial charge in [-0.05, 0) is 12.1 Å². The van der Waals surface area contributed by atoms with E-state index < -0.39 is 55.1 Å². The van der Waals surface area contributed by atoms with E-state index in [-0.39, 0.29) is 6.54 Å². The van der Waals surface area contributed by atoms with Crippen LogP contribution in [-0.4, -0.2) is 46.7 Å². The average Bonchev–Trinajstić information content (AvgIpc) is 2.42. The maximum Gasteiger partial charge on any atom is 0.437 e. The van der Waals surface area contributed by atoms with Gasteiger partial charge < -0.3 is 14.7 Å². The van der Waals surface area contributed by atoms with Crippen molar-refractivity contribution in [3.05, 3.63) is 24.0 Å². The van der Waals surface area contributed by atoms with Crippen molar-refractivity contribution < 1.29 is 36.6 Å². The second-order valence-corrected chi connectivity index (χ2v) is 5.25. The minimum absolute atomic E-state index is 0.230. The Bertz CT molecular complexity index is 579. The van der Waals surface area contributed by atoms with E-state index in [2.05, 4.69) is 4.98 Å². The molecule has 1 fully saturated rings. The lowest BCUT2D eigenvalue weighted by atomic mass is 9.96. The van der Waals surface area contributed by atoms with Crippen LogP contribution in [0.1, 0.15) is 12.1 Å². The molecule has 0 aromatic carbocycles. The van der Waals surface area contributed by atoms with Crippen LogP contribution >= 0.6 is 0 Å². The van der Waals surface area contributed by atoms with E-state index in [1.807, 2.05) is 0 Å². The van der Waals surface area contributed by atoms with Gasteiger partial charge in [0.25, 0.3) is 5.92 Å². The van der Waals surface area contributed by atoms with E-state index in [0.29, 0.717) is 4.90 Å². The Morgan fingerprint density at radius 1 is 1.48 bits per heavy atom. The van der Waals surface area contributed by atoms with Gasteiger partial charge in [-0.3, -0.25) is 0 Å². The number of pyridine rings is 1. The number of halogens is 5. The van der Waals surface area contributed by atoms with Crippen LogP contribution in [0.5, 0.6) is 5.75 Å². The number of rotatable bonds is 3. The fourth-order valence-electron chi connectivity index (χ4n) is 2.39. The number of amides is 1. The van der Waals surface area contributed by atoms with Crippen LogP contribution in [0.2, 0.25) is 0 Å². The number of carbonyl (C=O) groups is 1. The van der Waals surface area contributed by atoms with Crippen LogP contribution in [0.25, 0.3) is 0 Å². The average molecular weight is 340 g/mol. The zero-order chi connectivity index (χ0) is 17.3. The summed E-state index contributed by atoms with van der Waals surface area (Å²) < 4.78 is 70.3. The minimum atomic E-state index is -4.74. The van der Waals surface area contributed by atoms with Crippen molar-refractivity contribution in [3.8, 4) is 5.75 Å². The van der Waals surface area contributed by atoms with Crippen LogP contribution in [0.4, 0.5) is 26.7 Å². The predicted molar refractivity (Wildman–Crippen MR) is 67.4 cm³/mol. The fourth-order valence-corrected chi connectivity index (χ4v) is 2.39. The molecule has 1 aliphatic rings. The van der Waals surface area contributed by atoms with E-state index in [4.69, 9.17) is 9.84 Å². The smallest absolute Gasteiger partial charge is 0.437 e. The summed E-state index contributed by atoms with van der Waals surface area (Å²) in [6.07, 6.45) is -5.96. The van der Waals surface area contributed by atoms with E-state index >= 15 is 0 Å². The molecule has 0 bridgehead atoms. The summed E-state index contributed by atoms with van der Waals surface area (Å²) in [6, 6.07) is 2.26. The summed E-state index contributed by atoms with van der Waals surface area (Å²) in [5.41, 5.74) is -1.25. The zero-order valence-electron chi connectivity index (χ0n) is 11.7. The zero-order valence-corrected chi connectivity index (χ0v) is 11.7. The molecule has 10 heteroatoms. The van der Waals surface area contributed by atoms with Gasteiger partial charge in [-0.25, -0.2) is 18.6 Å². The minimum Gasteiger partial charge on any atom is -0.491 e. The van der Waals surface area contributed by atoms with Crippen LogP contribution in [-0.2, 0) is 6.18 Å². The summed E-state index contributed by atoms with van der Waals surface area (Å²) in [7, 11) is 0. The standard InChI is InChI=1S/C13H13F5N2O3/c14-12(15)4-8(5-20(7-12)11(21)22)6-23-9-2-1-3-19-10(9)13(16,17)18/h1-3,8H,4-7H2,(H,21,22). The SMILES string of the molecule is O=C(O)N1CC(COc2cccnc2C(F)(F)F)CC(F)(F)C1. The van der Waals surface area contributed by atoms with Crippen molar-refractivity contribution in [2.24, 2.45) is 5.92 Å². The lowest BCUT2D eigenvalue weighted by Crippen LogP contribution is -2.50. The summed E-state index contributed by atoms with van der Waals surface area (Å²) >= 11 is 0. The highest BCUT2D eigenvalue weighted by Gasteiger charge is 2.43. The molecule has 2 heterocycles. The van der Waals surface area contributed by atoms with Crippen molar-refractivity contribution in [2.45, 2.75) is 18.5 Å². The Hall–Kier alpha value is -2.13. The van der Waals surface area contributed by atoms with Crippen LogP contribution in [0.3, 0.4) is 0 Å². The molecule has 1 atom stereocenters. The number of piperidine rings is 1. The molecule has 5 nitrogen and oxygen atoms in total. The third-order valence-electron chi connectivity index (χ3n) is 3.27. The van der Waals surface area contributed by atoms with Crippen molar-refractivity contribution in [3.63, 3.8) is 0 Å². The monoisotopic (exact) mass is 340 g/mol. The van der Waals surface area contributed by atoms with Crippen molar-refractivity contribution >= 4 is 6.09 Å². The molecule has 1 aliphatic heterocycles. The van der Waals surface area contributed by atoms with Gasteiger partial charge in [-0.15, -0.1) is 0 Å². The highest BCUT2D eigenvalue weighted by Crippen LogP contribution is 2.35. The first-order valence-corrected chi connectivity index (χ1v) is 6.59. The summed E-state index contributed by atoms with van der Waals surface area (Å²) in [5.74, 6) is -4.74. The van der Waals surface area contributed by atoms with Gasteiger partial charge >= 0.3 is 12.3 Å². The maximum absolute atomic E-state index is 13.5.